The predicted molar refractivity (Wildman–Crippen MR) is 187 cm³/mol. The van der Waals surface area contributed by atoms with E-state index in [2.05, 4.69) is 72.6 Å². The summed E-state index contributed by atoms with van der Waals surface area (Å²) in [7, 11) is 0. The highest BCUT2D eigenvalue weighted by Crippen LogP contribution is 2.46. The highest BCUT2D eigenvalue weighted by Gasteiger charge is 2.41. The van der Waals surface area contributed by atoms with Crippen LogP contribution in [0.1, 0.15) is 143 Å². The Balaban J connectivity index is 0.000000422. The Morgan fingerprint density at radius 1 is 0.977 bits per heavy atom. The number of aromatic nitrogens is 1. The molecule has 3 heteroatoms. The van der Waals surface area contributed by atoms with Crippen molar-refractivity contribution in [1.82, 2.24) is 9.88 Å². The lowest BCUT2D eigenvalue weighted by molar-refractivity contribution is -0.00949. The third-order valence-corrected chi connectivity index (χ3v) is 9.36. The van der Waals surface area contributed by atoms with Crippen LogP contribution in [0.25, 0.3) is 11.1 Å². The largest absolute Gasteiger partial charge is 0.296 e. The van der Waals surface area contributed by atoms with E-state index in [9.17, 15) is 4.39 Å². The summed E-state index contributed by atoms with van der Waals surface area (Å²) in [4.78, 5) is 7.72. The third kappa shape index (κ3) is 10.4. The van der Waals surface area contributed by atoms with Crippen LogP contribution in [0.5, 0.6) is 0 Å². The van der Waals surface area contributed by atoms with E-state index < -0.39 is 0 Å². The van der Waals surface area contributed by atoms with Gasteiger partial charge in [0.15, 0.2) is 0 Å². The molecule has 0 spiro atoms. The molecular weight excluding hydrogens is 527 g/mol. The van der Waals surface area contributed by atoms with Crippen molar-refractivity contribution in [1.29, 1.82) is 0 Å². The van der Waals surface area contributed by atoms with E-state index in [0.717, 1.165) is 44.5 Å². The van der Waals surface area contributed by atoms with Crippen molar-refractivity contribution in [3.63, 3.8) is 0 Å². The molecule has 1 aliphatic carbocycles. The van der Waals surface area contributed by atoms with E-state index in [1.54, 1.807) is 12.1 Å². The maximum atomic E-state index is 13.5. The minimum Gasteiger partial charge on any atom is -0.296 e. The molecule has 2 fully saturated rings. The molecule has 0 atom stereocenters. The number of rotatable bonds is 14. The first-order chi connectivity index (χ1) is 20.5. The second-order valence-electron chi connectivity index (χ2n) is 13.5. The van der Waals surface area contributed by atoms with Crippen molar-refractivity contribution in [2.75, 3.05) is 13.1 Å². The van der Waals surface area contributed by atoms with Gasteiger partial charge in [-0.25, -0.2) is 4.39 Å². The SMILES string of the molecule is C=C(C)C(C)(CCC)CCC.C=C(C)CC1(CC)CN(Cc2cc(CCC)c(-c3ccc(F)cc3)c(C3CC3)n2)C1.CC. The first-order valence-electron chi connectivity index (χ1n) is 17.3. The number of hydrogen-bond donors (Lipinski definition) is 0. The molecule has 4 rings (SSSR count). The Morgan fingerprint density at radius 3 is 2.00 bits per heavy atom. The fourth-order valence-electron chi connectivity index (χ4n) is 6.83. The van der Waals surface area contributed by atoms with Gasteiger partial charge < -0.3 is 0 Å². The van der Waals surface area contributed by atoms with E-state index in [1.807, 2.05) is 26.0 Å². The number of nitrogens with zero attached hydrogens (tertiary/aromatic N) is 2. The molecule has 0 radical (unpaired) electrons. The first-order valence-corrected chi connectivity index (χ1v) is 17.3. The quantitative estimate of drug-likeness (QED) is 0.203. The molecule has 43 heavy (non-hydrogen) atoms. The summed E-state index contributed by atoms with van der Waals surface area (Å²) in [5.41, 5.74) is 9.64. The van der Waals surface area contributed by atoms with Gasteiger partial charge in [-0.2, -0.15) is 0 Å². The first kappa shape index (κ1) is 36.9. The van der Waals surface area contributed by atoms with Crippen LogP contribution < -0.4 is 0 Å². The van der Waals surface area contributed by atoms with Crippen LogP contribution in [0.2, 0.25) is 0 Å². The van der Waals surface area contributed by atoms with Crippen LogP contribution in [-0.4, -0.2) is 23.0 Å². The van der Waals surface area contributed by atoms with Gasteiger partial charge in [-0.15, -0.1) is 6.58 Å². The topological polar surface area (TPSA) is 16.1 Å². The van der Waals surface area contributed by atoms with Gasteiger partial charge in [0, 0.05) is 31.1 Å². The summed E-state index contributed by atoms with van der Waals surface area (Å²) in [6, 6.07) is 9.29. The molecule has 2 aliphatic rings. The highest BCUT2D eigenvalue weighted by atomic mass is 19.1. The molecule has 0 N–H and O–H groups in total. The number of pyridine rings is 1. The third-order valence-electron chi connectivity index (χ3n) is 9.36. The average Bonchev–Trinajstić information content (AvgIpc) is 3.79. The van der Waals surface area contributed by atoms with Gasteiger partial charge in [-0.1, -0.05) is 97.6 Å². The normalized spacial score (nSPS) is 15.9. The standard InChI is InChI=1S/C27H35FN2.C11H22.C2H6/c1-5-7-22-14-24(16-30-17-27(6-2,18-30)15-19(3)4)29-26(21-8-9-21)25(22)20-10-12-23(28)13-11-20;1-6-8-11(5,9-7-2)10(3)4;1-2/h10-14,21H,3,5-9,15-18H2,1-2,4H3;3,6-9H2,1-2,4-5H3;1-2H3. The van der Waals surface area contributed by atoms with Gasteiger partial charge >= 0.3 is 0 Å². The van der Waals surface area contributed by atoms with Crippen molar-refractivity contribution >= 4 is 0 Å². The van der Waals surface area contributed by atoms with E-state index in [1.165, 1.54) is 78.6 Å². The maximum absolute atomic E-state index is 13.5. The smallest absolute Gasteiger partial charge is 0.123 e. The van der Waals surface area contributed by atoms with E-state index in [-0.39, 0.29) is 5.82 Å². The molecule has 1 aromatic heterocycles. The average molecular weight is 591 g/mol. The van der Waals surface area contributed by atoms with Gasteiger partial charge in [0.05, 0.1) is 11.4 Å². The monoisotopic (exact) mass is 590 g/mol. The molecular formula is C40H63FN2. The molecule has 1 aromatic carbocycles. The Hall–Kier alpha value is -2.26. The Bertz CT molecular complexity index is 1150. The van der Waals surface area contributed by atoms with Crippen LogP contribution in [0.3, 0.4) is 0 Å². The summed E-state index contributed by atoms with van der Waals surface area (Å²) in [5, 5.41) is 0. The Kier molecular flexibility index (Phi) is 14.8. The van der Waals surface area contributed by atoms with Gasteiger partial charge in [0.25, 0.3) is 0 Å². The molecule has 0 amide bonds. The zero-order valence-corrected chi connectivity index (χ0v) is 29.3. The number of hydrogen-bond acceptors (Lipinski definition) is 2. The lowest BCUT2D eigenvalue weighted by Crippen LogP contribution is -2.55. The number of likely N-dealkylation sites (tertiary alicyclic amines) is 1. The molecule has 1 aliphatic heterocycles. The second-order valence-corrected chi connectivity index (χ2v) is 13.5. The van der Waals surface area contributed by atoms with Crippen molar-refractivity contribution < 1.29 is 4.39 Å². The Morgan fingerprint density at radius 2 is 1.56 bits per heavy atom. The van der Waals surface area contributed by atoms with Crippen LogP contribution in [0.4, 0.5) is 4.39 Å². The number of halogens is 1. The van der Waals surface area contributed by atoms with Crippen LogP contribution in [-0.2, 0) is 13.0 Å². The number of benzene rings is 1. The van der Waals surface area contributed by atoms with Crippen LogP contribution >= 0.6 is 0 Å². The van der Waals surface area contributed by atoms with E-state index in [0.29, 0.717) is 16.7 Å². The molecule has 0 unspecified atom stereocenters. The lowest BCUT2D eigenvalue weighted by atomic mass is 9.73. The van der Waals surface area contributed by atoms with Gasteiger partial charge in [-0.3, -0.25) is 9.88 Å². The van der Waals surface area contributed by atoms with Gasteiger partial charge in [-0.05, 0) is 98.9 Å². The highest BCUT2D eigenvalue weighted by molar-refractivity contribution is 5.71. The van der Waals surface area contributed by atoms with Crippen LogP contribution in [0, 0.1) is 16.6 Å². The van der Waals surface area contributed by atoms with Crippen molar-refractivity contribution in [3.8, 4) is 11.1 Å². The van der Waals surface area contributed by atoms with Crippen LogP contribution in [0.15, 0.2) is 54.6 Å². The minimum atomic E-state index is -0.180. The summed E-state index contributed by atoms with van der Waals surface area (Å²) in [6.45, 7) is 31.1. The fourth-order valence-corrected chi connectivity index (χ4v) is 6.83. The molecule has 2 nitrogen and oxygen atoms in total. The molecule has 2 heterocycles. The van der Waals surface area contributed by atoms with Crippen molar-refractivity contribution in [2.45, 2.75) is 139 Å². The maximum Gasteiger partial charge on any atom is 0.123 e. The summed E-state index contributed by atoms with van der Waals surface area (Å²) >= 11 is 0. The Labute approximate surface area is 265 Å². The zero-order chi connectivity index (χ0) is 32.2. The lowest BCUT2D eigenvalue weighted by Gasteiger charge is -2.50. The predicted octanol–water partition coefficient (Wildman–Crippen LogP) is 12.1. The molecule has 240 valence electrons. The van der Waals surface area contributed by atoms with E-state index in [4.69, 9.17) is 4.98 Å². The fraction of sp³-hybridized carbons (Fsp3) is 0.625. The minimum absolute atomic E-state index is 0.180. The second kappa shape index (κ2) is 17.3. The molecule has 1 saturated carbocycles. The van der Waals surface area contributed by atoms with Gasteiger partial charge in [0.1, 0.15) is 5.82 Å². The van der Waals surface area contributed by atoms with E-state index >= 15 is 0 Å². The van der Waals surface area contributed by atoms with Gasteiger partial charge in [0.2, 0.25) is 0 Å². The van der Waals surface area contributed by atoms with Crippen molar-refractivity contribution in [2.24, 2.45) is 10.8 Å². The van der Waals surface area contributed by atoms with Crippen molar-refractivity contribution in [3.05, 3.63) is 77.4 Å². The zero-order valence-electron chi connectivity index (χ0n) is 29.3. The number of aryl methyl sites for hydroxylation is 1. The summed E-state index contributed by atoms with van der Waals surface area (Å²) < 4.78 is 13.5. The number of allylic oxidation sites excluding steroid dienone is 2. The molecule has 1 saturated heterocycles. The molecule has 0 bridgehead atoms. The summed E-state index contributed by atoms with van der Waals surface area (Å²) in [5.74, 6) is 0.385. The molecule has 2 aromatic rings. The summed E-state index contributed by atoms with van der Waals surface area (Å²) in [6.07, 6.45) is 12.0.